The van der Waals surface area contributed by atoms with E-state index in [9.17, 15) is 13.2 Å². The number of rotatable bonds is 4. The molecule has 1 saturated heterocycles. The van der Waals surface area contributed by atoms with Crippen molar-refractivity contribution in [3.63, 3.8) is 0 Å². The van der Waals surface area contributed by atoms with Gasteiger partial charge in [0.2, 0.25) is 10.0 Å². The van der Waals surface area contributed by atoms with Gasteiger partial charge in [0.05, 0.1) is 17.0 Å². The van der Waals surface area contributed by atoms with Gasteiger partial charge in [-0.2, -0.15) is 0 Å². The van der Waals surface area contributed by atoms with Crippen molar-refractivity contribution >= 4 is 26.8 Å². The summed E-state index contributed by atoms with van der Waals surface area (Å²) in [5.41, 5.74) is 3.28. The monoisotopic (exact) mass is 438 g/mol. The minimum Gasteiger partial charge on any atom is -0.350 e. The number of hydrogen-bond acceptors (Lipinski definition) is 4. The molecule has 1 amide bonds. The van der Waals surface area contributed by atoms with Crippen LogP contribution in [0.5, 0.6) is 0 Å². The highest BCUT2D eigenvalue weighted by Crippen LogP contribution is 2.37. The van der Waals surface area contributed by atoms with Crippen molar-refractivity contribution < 1.29 is 13.2 Å². The number of amides is 1. The minimum atomic E-state index is -3.75. The first-order valence-electron chi connectivity index (χ1n) is 10.7. The van der Waals surface area contributed by atoms with Crippen LogP contribution >= 0.6 is 0 Å². The number of aromatic nitrogens is 1. The van der Waals surface area contributed by atoms with E-state index >= 15 is 0 Å². The van der Waals surface area contributed by atoms with Crippen LogP contribution in [0, 0.1) is 6.92 Å². The standard InChI is InChI=1S/C23H26N4O3S/c1-15-8-10-16(11-9-15)31(29,30)26-19-14-24-23(28)21-20(22(19)27-12-4-5-13-27)17-6-2-3-7-18(17)25-21/h2-3,6-11,19,22,25-26H,4-5,12-14H2,1H3,(H,24,28)/t19-,22+/m0/s1. The highest BCUT2D eigenvalue weighted by atomic mass is 32.2. The first-order chi connectivity index (χ1) is 14.9. The molecule has 1 fully saturated rings. The summed E-state index contributed by atoms with van der Waals surface area (Å²) in [5, 5.41) is 3.89. The lowest BCUT2D eigenvalue weighted by molar-refractivity contribution is 0.0949. The van der Waals surface area contributed by atoms with Gasteiger partial charge in [-0.1, -0.05) is 35.9 Å². The predicted molar refractivity (Wildman–Crippen MR) is 119 cm³/mol. The largest absolute Gasteiger partial charge is 0.350 e. The van der Waals surface area contributed by atoms with Crippen molar-refractivity contribution in [2.24, 2.45) is 0 Å². The molecule has 1 aromatic heterocycles. The Bertz CT molecular complexity index is 1230. The number of para-hydroxylation sites is 1. The van der Waals surface area contributed by atoms with Crippen LogP contribution in [0.1, 0.15) is 40.5 Å². The summed E-state index contributed by atoms with van der Waals surface area (Å²) in [6.07, 6.45) is 2.12. The quantitative estimate of drug-likeness (QED) is 0.584. The van der Waals surface area contributed by atoms with E-state index in [1.807, 2.05) is 31.2 Å². The minimum absolute atomic E-state index is 0.201. The molecule has 8 heteroatoms. The molecule has 162 valence electrons. The van der Waals surface area contributed by atoms with Gasteiger partial charge < -0.3 is 10.3 Å². The number of fused-ring (bicyclic) bond motifs is 3. The Morgan fingerprint density at radius 3 is 2.48 bits per heavy atom. The number of hydrogen-bond donors (Lipinski definition) is 3. The second kappa shape index (κ2) is 7.78. The smallest absolute Gasteiger partial charge is 0.268 e. The van der Waals surface area contributed by atoms with Crippen LogP contribution in [-0.2, 0) is 10.0 Å². The van der Waals surface area contributed by atoms with Crippen molar-refractivity contribution in [1.82, 2.24) is 19.9 Å². The molecule has 2 aliphatic heterocycles. The number of benzene rings is 2. The maximum absolute atomic E-state index is 13.2. The van der Waals surface area contributed by atoms with Crippen LogP contribution < -0.4 is 10.0 Å². The summed E-state index contributed by atoms with van der Waals surface area (Å²) in [7, 11) is -3.75. The molecule has 0 radical (unpaired) electrons. The molecule has 0 spiro atoms. The van der Waals surface area contributed by atoms with Crippen LogP contribution in [0.15, 0.2) is 53.4 Å². The number of aromatic amines is 1. The topological polar surface area (TPSA) is 94.3 Å². The van der Waals surface area contributed by atoms with Gasteiger partial charge in [0.15, 0.2) is 0 Å². The third-order valence-electron chi connectivity index (χ3n) is 6.30. The normalized spacial score (nSPS) is 22.3. The van der Waals surface area contributed by atoms with Gasteiger partial charge in [0, 0.05) is 23.0 Å². The lowest BCUT2D eigenvalue weighted by Gasteiger charge is -2.34. The fourth-order valence-electron chi connectivity index (χ4n) is 4.80. The van der Waals surface area contributed by atoms with E-state index in [2.05, 4.69) is 19.9 Å². The number of carbonyl (C=O) groups excluding carboxylic acids is 1. The molecule has 0 unspecified atom stereocenters. The molecule has 7 nitrogen and oxygen atoms in total. The number of nitrogens with one attached hydrogen (secondary N) is 3. The number of likely N-dealkylation sites (tertiary alicyclic amines) is 1. The number of carbonyl (C=O) groups is 1. The van der Waals surface area contributed by atoms with Crippen LogP contribution in [0.2, 0.25) is 0 Å². The van der Waals surface area contributed by atoms with E-state index in [0.29, 0.717) is 5.69 Å². The van der Waals surface area contributed by atoms with Crippen molar-refractivity contribution in [1.29, 1.82) is 0 Å². The Hall–Kier alpha value is -2.68. The van der Waals surface area contributed by atoms with Crippen LogP contribution in [-0.4, -0.2) is 49.9 Å². The fraction of sp³-hybridized carbons (Fsp3) is 0.348. The summed E-state index contributed by atoms with van der Waals surface area (Å²) >= 11 is 0. The lowest BCUT2D eigenvalue weighted by atomic mass is 9.96. The van der Waals surface area contributed by atoms with Crippen molar-refractivity contribution in [3.8, 4) is 0 Å². The van der Waals surface area contributed by atoms with Crippen LogP contribution in [0.25, 0.3) is 10.9 Å². The molecule has 3 N–H and O–H groups in total. The second-order valence-electron chi connectivity index (χ2n) is 8.40. The molecule has 0 saturated carbocycles. The first kappa shape index (κ1) is 20.2. The van der Waals surface area contributed by atoms with Gasteiger partial charge in [0.25, 0.3) is 5.91 Å². The van der Waals surface area contributed by atoms with E-state index in [4.69, 9.17) is 0 Å². The van der Waals surface area contributed by atoms with Crippen LogP contribution in [0.4, 0.5) is 0 Å². The Morgan fingerprint density at radius 1 is 1.03 bits per heavy atom. The third-order valence-corrected chi connectivity index (χ3v) is 7.81. The molecule has 3 heterocycles. The highest BCUT2D eigenvalue weighted by molar-refractivity contribution is 7.89. The Labute approximate surface area is 181 Å². The SMILES string of the molecule is Cc1ccc(S(=O)(=O)N[C@H]2CNC(=O)c3[nH]c4ccccc4c3[C@@H]2N2CCCC2)cc1. The van der Waals surface area contributed by atoms with Crippen molar-refractivity contribution in [2.45, 2.75) is 36.7 Å². The molecule has 2 atom stereocenters. The molecule has 5 rings (SSSR count). The molecule has 3 aromatic rings. The van der Waals surface area contributed by atoms with E-state index in [0.717, 1.165) is 48.0 Å². The van der Waals surface area contributed by atoms with E-state index in [1.54, 1.807) is 24.3 Å². The zero-order valence-corrected chi connectivity index (χ0v) is 18.2. The summed E-state index contributed by atoms with van der Waals surface area (Å²) in [6, 6.07) is 13.9. The van der Waals surface area contributed by atoms with Gasteiger partial charge in [-0.15, -0.1) is 0 Å². The molecular formula is C23H26N4O3S. The van der Waals surface area contributed by atoms with Crippen LogP contribution in [0.3, 0.4) is 0 Å². The third kappa shape index (κ3) is 3.64. The van der Waals surface area contributed by atoms with E-state index in [1.165, 1.54) is 0 Å². The van der Waals surface area contributed by atoms with Gasteiger partial charge in [-0.3, -0.25) is 9.69 Å². The van der Waals surface area contributed by atoms with Gasteiger partial charge in [-0.05, 0) is 51.1 Å². The fourth-order valence-corrected chi connectivity index (χ4v) is 6.04. The summed E-state index contributed by atoms with van der Waals surface area (Å²) in [5.74, 6) is -0.201. The molecule has 31 heavy (non-hydrogen) atoms. The molecular weight excluding hydrogens is 412 g/mol. The Morgan fingerprint density at radius 2 is 1.74 bits per heavy atom. The average molecular weight is 439 g/mol. The number of aryl methyl sites for hydroxylation is 1. The van der Waals surface area contributed by atoms with Gasteiger partial charge in [-0.25, -0.2) is 13.1 Å². The van der Waals surface area contributed by atoms with E-state index < -0.39 is 16.1 Å². The average Bonchev–Trinajstić information content (AvgIpc) is 3.39. The van der Waals surface area contributed by atoms with Gasteiger partial charge >= 0.3 is 0 Å². The maximum Gasteiger partial charge on any atom is 0.268 e. The Balaban J connectivity index is 1.61. The maximum atomic E-state index is 13.2. The predicted octanol–water partition coefficient (Wildman–Crippen LogP) is 2.70. The second-order valence-corrected chi connectivity index (χ2v) is 10.1. The van der Waals surface area contributed by atoms with E-state index in [-0.39, 0.29) is 23.4 Å². The zero-order valence-electron chi connectivity index (χ0n) is 17.4. The summed E-state index contributed by atoms with van der Waals surface area (Å²) in [4.78, 5) is 18.7. The molecule has 0 aliphatic carbocycles. The lowest BCUT2D eigenvalue weighted by Crippen LogP contribution is -2.49. The van der Waals surface area contributed by atoms with Crippen molar-refractivity contribution in [2.75, 3.05) is 19.6 Å². The Kier molecular flexibility index (Phi) is 5.08. The number of H-pyrrole nitrogens is 1. The molecule has 0 bridgehead atoms. The van der Waals surface area contributed by atoms with Crippen molar-refractivity contribution in [3.05, 3.63) is 65.4 Å². The number of sulfonamides is 1. The zero-order chi connectivity index (χ0) is 21.6. The number of nitrogens with zero attached hydrogens (tertiary/aromatic N) is 1. The molecule has 2 aromatic carbocycles. The first-order valence-corrected chi connectivity index (χ1v) is 12.1. The molecule has 2 aliphatic rings. The summed E-state index contributed by atoms with van der Waals surface area (Å²) < 4.78 is 29.4. The summed E-state index contributed by atoms with van der Waals surface area (Å²) in [6.45, 7) is 3.90. The highest BCUT2D eigenvalue weighted by Gasteiger charge is 2.40. The van der Waals surface area contributed by atoms with Gasteiger partial charge in [0.1, 0.15) is 5.69 Å².